The SMILES string of the molecule is CCc1cc(NC(=O)CNC(=O)C(NC(=O)[C@H](Cc2ccc(OCCOCCOC)cc2)N2C(=O)C=CC2=O)C(C)C)ccc1COC=O. The molecule has 0 radical (unpaired) electrons. The number of nitrogens with zero attached hydrogens (tertiary/aromatic N) is 1. The standard InChI is InChI=1S/C35H44N4O10/c1-5-25-19-27(9-8-26(25)21-48-22-40)37-30(41)20-36-35(45)33(23(2)3)38-34(44)29(39-31(42)12-13-32(39)43)18-24-6-10-28(11-7-24)49-17-16-47-15-14-46-4/h6-13,19,22-23,29,33H,5,14-18,20-21H2,1-4H3,(H,36,45)(H,37,41)(H,38,44)/t29-,33?/m0/s1. The molecule has 0 saturated heterocycles. The maximum absolute atomic E-state index is 13.7. The first-order valence-corrected chi connectivity index (χ1v) is 16.0. The van der Waals surface area contributed by atoms with Crippen LogP contribution in [0.2, 0.25) is 0 Å². The Bertz CT molecular complexity index is 1470. The van der Waals surface area contributed by atoms with Crippen molar-refractivity contribution in [2.24, 2.45) is 5.92 Å². The molecule has 2 aromatic carbocycles. The first-order chi connectivity index (χ1) is 23.6. The van der Waals surface area contributed by atoms with Crippen molar-refractivity contribution in [3.05, 3.63) is 71.3 Å². The monoisotopic (exact) mass is 680 g/mol. The smallest absolute Gasteiger partial charge is 0.293 e. The number of hydrogen-bond donors (Lipinski definition) is 3. The van der Waals surface area contributed by atoms with Crippen LogP contribution >= 0.6 is 0 Å². The zero-order valence-corrected chi connectivity index (χ0v) is 28.2. The first kappa shape index (κ1) is 38.4. The van der Waals surface area contributed by atoms with Gasteiger partial charge in [-0.3, -0.25) is 33.7 Å². The van der Waals surface area contributed by atoms with Gasteiger partial charge in [0.25, 0.3) is 18.3 Å². The van der Waals surface area contributed by atoms with E-state index in [1.807, 2.05) is 6.92 Å². The van der Waals surface area contributed by atoms with E-state index < -0.39 is 47.5 Å². The fourth-order valence-electron chi connectivity index (χ4n) is 4.99. The lowest BCUT2D eigenvalue weighted by Gasteiger charge is -2.29. The van der Waals surface area contributed by atoms with Gasteiger partial charge in [0.05, 0.1) is 26.4 Å². The van der Waals surface area contributed by atoms with Gasteiger partial charge in [0.15, 0.2) is 0 Å². The molecule has 0 spiro atoms. The summed E-state index contributed by atoms with van der Waals surface area (Å²) in [4.78, 5) is 76.2. The maximum atomic E-state index is 13.7. The molecule has 3 rings (SSSR count). The normalized spacial score (nSPS) is 13.6. The summed E-state index contributed by atoms with van der Waals surface area (Å²) in [6.45, 7) is 7.12. The lowest BCUT2D eigenvalue weighted by molar-refractivity contribution is -0.146. The van der Waals surface area contributed by atoms with E-state index in [4.69, 9.17) is 18.9 Å². The highest BCUT2D eigenvalue weighted by atomic mass is 16.5. The molecular weight excluding hydrogens is 636 g/mol. The van der Waals surface area contributed by atoms with Crippen molar-refractivity contribution in [3.8, 4) is 5.75 Å². The van der Waals surface area contributed by atoms with Gasteiger partial charge in [-0.25, -0.2) is 0 Å². The molecule has 14 nitrogen and oxygen atoms in total. The van der Waals surface area contributed by atoms with Crippen LogP contribution in [0.25, 0.3) is 0 Å². The van der Waals surface area contributed by atoms with Crippen molar-refractivity contribution >= 4 is 41.7 Å². The van der Waals surface area contributed by atoms with Gasteiger partial charge in [-0.1, -0.05) is 39.0 Å². The Balaban J connectivity index is 1.63. The molecule has 14 heteroatoms. The maximum Gasteiger partial charge on any atom is 0.293 e. The predicted molar refractivity (Wildman–Crippen MR) is 178 cm³/mol. The minimum atomic E-state index is -1.25. The van der Waals surface area contributed by atoms with Crippen LogP contribution in [0.15, 0.2) is 54.6 Å². The Morgan fingerprint density at radius 2 is 1.59 bits per heavy atom. The van der Waals surface area contributed by atoms with Gasteiger partial charge >= 0.3 is 0 Å². The van der Waals surface area contributed by atoms with E-state index in [0.717, 1.165) is 28.2 Å². The number of rotatable bonds is 21. The Hall–Kier alpha value is -5.08. The van der Waals surface area contributed by atoms with Crippen molar-refractivity contribution in [2.45, 2.75) is 52.3 Å². The number of nitrogens with one attached hydrogen (secondary N) is 3. The van der Waals surface area contributed by atoms with Gasteiger partial charge in [0.1, 0.15) is 31.0 Å². The van der Waals surface area contributed by atoms with Crippen molar-refractivity contribution in [1.82, 2.24) is 15.5 Å². The van der Waals surface area contributed by atoms with Crippen LogP contribution < -0.4 is 20.7 Å². The van der Waals surface area contributed by atoms with Crippen LogP contribution in [-0.2, 0) is 62.4 Å². The molecule has 0 aromatic heterocycles. The van der Waals surface area contributed by atoms with Crippen molar-refractivity contribution in [1.29, 1.82) is 0 Å². The van der Waals surface area contributed by atoms with Gasteiger partial charge in [-0.15, -0.1) is 0 Å². The summed E-state index contributed by atoms with van der Waals surface area (Å²) in [5.41, 5.74) is 2.84. The summed E-state index contributed by atoms with van der Waals surface area (Å²) in [5, 5.41) is 7.96. The fraction of sp³-hybridized carbons (Fsp3) is 0.429. The minimum absolute atomic E-state index is 0.0138. The predicted octanol–water partition coefficient (Wildman–Crippen LogP) is 1.70. The molecule has 1 aliphatic heterocycles. The second-order valence-corrected chi connectivity index (χ2v) is 11.4. The zero-order valence-electron chi connectivity index (χ0n) is 28.2. The topological polar surface area (TPSA) is 179 Å². The third-order valence-electron chi connectivity index (χ3n) is 7.59. The number of methoxy groups -OCH3 is 1. The third-order valence-corrected chi connectivity index (χ3v) is 7.59. The number of aryl methyl sites for hydroxylation is 1. The molecule has 0 aliphatic carbocycles. The fourth-order valence-corrected chi connectivity index (χ4v) is 4.99. The van der Waals surface area contributed by atoms with Crippen molar-refractivity contribution < 1.29 is 47.7 Å². The van der Waals surface area contributed by atoms with Crippen LogP contribution in [0, 0.1) is 5.92 Å². The molecule has 3 N–H and O–H groups in total. The van der Waals surface area contributed by atoms with Crippen LogP contribution in [0.4, 0.5) is 5.69 Å². The van der Waals surface area contributed by atoms with E-state index in [0.29, 0.717) is 56.3 Å². The lowest BCUT2D eigenvalue weighted by atomic mass is 10.00. The average Bonchev–Trinajstić information content (AvgIpc) is 3.42. The molecule has 2 atom stereocenters. The molecule has 0 saturated carbocycles. The summed E-state index contributed by atoms with van der Waals surface area (Å²) in [7, 11) is 1.59. The number of benzene rings is 2. The second-order valence-electron chi connectivity index (χ2n) is 11.4. The number of carbonyl (C=O) groups is 6. The Kier molecular flexibility index (Phi) is 15.4. The second kappa shape index (κ2) is 19.7. The lowest BCUT2D eigenvalue weighted by Crippen LogP contribution is -2.57. The molecule has 1 aliphatic rings. The van der Waals surface area contributed by atoms with E-state index >= 15 is 0 Å². The number of hydrogen-bond acceptors (Lipinski definition) is 10. The molecule has 49 heavy (non-hydrogen) atoms. The molecule has 0 bridgehead atoms. The Labute approximate surface area is 285 Å². The van der Waals surface area contributed by atoms with E-state index in [-0.39, 0.29) is 19.6 Å². The van der Waals surface area contributed by atoms with Crippen LogP contribution in [0.5, 0.6) is 5.75 Å². The number of carbonyl (C=O) groups excluding carboxylic acids is 6. The molecule has 2 aromatic rings. The quantitative estimate of drug-likeness (QED) is 0.0999. The zero-order chi connectivity index (χ0) is 35.8. The third kappa shape index (κ3) is 11.8. The summed E-state index contributed by atoms with van der Waals surface area (Å²) in [6.07, 6.45) is 2.82. The van der Waals surface area contributed by atoms with E-state index in [1.54, 1.807) is 63.4 Å². The molecule has 5 amide bonds. The highest BCUT2D eigenvalue weighted by molar-refractivity contribution is 6.15. The van der Waals surface area contributed by atoms with Crippen LogP contribution in [0.3, 0.4) is 0 Å². The highest BCUT2D eigenvalue weighted by Crippen LogP contribution is 2.20. The number of imide groups is 1. The van der Waals surface area contributed by atoms with E-state index in [1.165, 1.54) is 0 Å². The Morgan fingerprint density at radius 1 is 0.898 bits per heavy atom. The average molecular weight is 681 g/mol. The molecule has 1 heterocycles. The van der Waals surface area contributed by atoms with Gasteiger partial charge in [0, 0.05) is 31.4 Å². The molecular formula is C35H44N4O10. The largest absolute Gasteiger partial charge is 0.491 e. The summed E-state index contributed by atoms with van der Waals surface area (Å²) < 4.78 is 20.8. The van der Waals surface area contributed by atoms with E-state index in [9.17, 15) is 28.8 Å². The van der Waals surface area contributed by atoms with Gasteiger partial charge in [-0.05, 0) is 53.3 Å². The summed E-state index contributed by atoms with van der Waals surface area (Å²) >= 11 is 0. The van der Waals surface area contributed by atoms with Crippen LogP contribution in [0.1, 0.15) is 37.5 Å². The van der Waals surface area contributed by atoms with Crippen molar-refractivity contribution in [3.63, 3.8) is 0 Å². The highest BCUT2D eigenvalue weighted by Gasteiger charge is 2.38. The number of amides is 5. The molecule has 1 unspecified atom stereocenters. The first-order valence-electron chi connectivity index (χ1n) is 16.0. The number of anilines is 1. The van der Waals surface area contributed by atoms with Crippen LogP contribution in [-0.4, -0.2) is 93.1 Å². The van der Waals surface area contributed by atoms with E-state index in [2.05, 4.69) is 16.0 Å². The molecule has 0 fully saturated rings. The summed E-state index contributed by atoms with van der Waals surface area (Å²) in [5.74, 6) is -2.93. The van der Waals surface area contributed by atoms with Crippen molar-refractivity contribution in [2.75, 3.05) is 45.4 Å². The summed E-state index contributed by atoms with van der Waals surface area (Å²) in [6, 6.07) is 9.71. The van der Waals surface area contributed by atoms with Gasteiger partial charge in [-0.2, -0.15) is 0 Å². The van der Waals surface area contributed by atoms with Gasteiger partial charge < -0.3 is 34.9 Å². The minimum Gasteiger partial charge on any atom is -0.491 e. The van der Waals surface area contributed by atoms with Gasteiger partial charge in [0.2, 0.25) is 17.7 Å². The Morgan fingerprint density at radius 3 is 2.22 bits per heavy atom. The number of ether oxygens (including phenoxy) is 4. The molecule has 264 valence electrons.